The number of allylic oxidation sites excluding steroid dienone is 1. The molecule has 270 valence electrons. The number of carbonyl (C=O) groups is 1. The van der Waals surface area contributed by atoms with E-state index in [0.29, 0.717) is 43.5 Å². The van der Waals surface area contributed by atoms with E-state index in [1.165, 1.54) is 5.57 Å². The number of anilines is 1. The van der Waals surface area contributed by atoms with Crippen LogP contribution in [0.4, 0.5) is 5.95 Å². The van der Waals surface area contributed by atoms with Gasteiger partial charge in [-0.3, -0.25) is 4.79 Å². The van der Waals surface area contributed by atoms with Crippen molar-refractivity contribution in [2.24, 2.45) is 62.6 Å². The molecule has 2 heterocycles. The first-order chi connectivity index (χ1) is 22.4. The lowest BCUT2D eigenvalue weighted by atomic mass is 9.34. The highest BCUT2D eigenvalue weighted by Gasteiger charge is 2.72. The monoisotopic (exact) mass is 668 g/mol. The Morgan fingerprint density at radius 3 is 2.38 bits per heavy atom. The van der Waals surface area contributed by atoms with E-state index in [0.717, 1.165) is 38.5 Å². The van der Waals surface area contributed by atoms with E-state index in [1.807, 2.05) is 0 Å². The molecule has 0 radical (unpaired) electrons. The van der Waals surface area contributed by atoms with Crippen LogP contribution in [0.1, 0.15) is 107 Å². The molecule has 12 atom stereocenters. The third-order valence-electron chi connectivity index (χ3n) is 15.6. The molecule has 4 aliphatic carbocycles. The van der Waals surface area contributed by atoms with Crippen molar-refractivity contribution >= 4 is 11.9 Å². The number of aromatic nitrogens is 4. The third-order valence-corrected chi connectivity index (χ3v) is 15.6. The summed E-state index contributed by atoms with van der Waals surface area (Å²) in [6.07, 6.45) is 7.92. The highest BCUT2D eigenvalue weighted by atomic mass is 16.5. The lowest BCUT2D eigenvalue weighted by Gasteiger charge is -2.71. The van der Waals surface area contributed by atoms with Crippen molar-refractivity contribution in [2.45, 2.75) is 119 Å². The molecule has 3 N–H and O–H groups in total. The van der Waals surface area contributed by atoms with Gasteiger partial charge in [-0.1, -0.05) is 79.1 Å². The van der Waals surface area contributed by atoms with E-state index >= 15 is 0 Å². The highest BCUT2D eigenvalue weighted by Crippen LogP contribution is 2.75. The number of carboxylic acids is 1. The average molecular weight is 669 g/mol. The highest BCUT2D eigenvalue weighted by molar-refractivity contribution is 5.73. The van der Waals surface area contributed by atoms with E-state index in [9.17, 15) is 9.90 Å². The maximum Gasteiger partial charge on any atom is 0.307 e. The second-order valence-electron chi connectivity index (χ2n) is 18.6. The summed E-state index contributed by atoms with van der Waals surface area (Å²) in [6, 6.07) is 0.0897. The first-order valence-electron chi connectivity index (χ1n) is 18.7. The quantitative estimate of drug-likeness (QED) is 0.289. The van der Waals surface area contributed by atoms with Crippen molar-refractivity contribution in [1.29, 1.82) is 0 Å². The van der Waals surface area contributed by atoms with E-state index in [2.05, 4.69) is 103 Å². The molecule has 10 nitrogen and oxygen atoms in total. The van der Waals surface area contributed by atoms with Gasteiger partial charge in [0, 0.05) is 11.5 Å². The molecule has 1 aromatic heterocycles. The predicted octanol–water partition coefficient (Wildman–Crippen LogP) is 6.36. The van der Waals surface area contributed by atoms with Gasteiger partial charge >= 0.3 is 5.97 Å². The zero-order valence-corrected chi connectivity index (χ0v) is 31.6. The fourth-order valence-corrected chi connectivity index (χ4v) is 12.6. The second-order valence-corrected chi connectivity index (χ2v) is 18.6. The lowest BCUT2D eigenvalue weighted by molar-refractivity contribution is -0.255. The van der Waals surface area contributed by atoms with E-state index < -0.39 is 11.9 Å². The Balaban J connectivity index is 1.51. The number of nitrogens with two attached hydrogens (primary N) is 1. The number of aliphatic carboxylic acids is 1. The third kappa shape index (κ3) is 4.95. The van der Waals surface area contributed by atoms with E-state index in [4.69, 9.17) is 15.2 Å². The number of carboxylic acid groups (broad SMARTS) is 1. The normalized spacial score (nSPS) is 43.7. The molecule has 5 aliphatic rings. The van der Waals surface area contributed by atoms with Crippen LogP contribution in [0, 0.1) is 62.6 Å². The van der Waals surface area contributed by atoms with Crippen molar-refractivity contribution in [3.05, 3.63) is 11.6 Å². The van der Waals surface area contributed by atoms with Crippen LogP contribution in [0.2, 0.25) is 0 Å². The summed E-state index contributed by atoms with van der Waals surface area (Å²) in [7, 11) is 4.26. The number of ether oxygens (including phenoxy) is 2. The standard InChI is InChI=1S/C38H64N6O4/c1-22(2)24(5)35(7)16-17-36(8)25-12-13-29-34(6)18-27(44-41-33(39)40-42-44)31(48-19-28(23(3)4)43(10)11)38(29,21-47-20-34)26(25)14-15-37(36,9)30(35)32(45)46/h14,22-25,27-31H,12-13,15-21H2,1-11H3,(H2,39,41)(H,45,46)/t24-,25+,27-,28+,29-,30-,31+,34-,35-,36-,37+,38+/m1/s1. The molecule has 0 aromatic carbocycles. The Hall–Kier alpha value is -2.04. The number of likely N-dealkylation sites (N-methyl/N-ethyl adjacent to an activating group) is 1. The molecule has 1 aliphatic heterocycles. The molecular formula is C38H64N6O4. The zero-order chi connectivity index (χ0) is 35.2. The summed E-state index contributed by atoms with van der Waals surface area (Å²) < 4.78 is 14.0. The number of hydrogen-bond acceptors (Lipinski definition) is 8. The van der Waals surface area contributed by atoms with Gasteiger partial charge < -0.3 is 25.2 Å². The number of rotatable bonds is 9. The molecule has 0 spiro atoms. The summed E-state index contributed by atoms with van der Waals surface area (Å²) in [4.78, 5) is 17.5. The molecule has 1 saturated heterocycles. The van der Waals surface area contributed by atoms with Crippen LogP contribution in [0.3, 0.4) is 0 Å². The number of hydrogen-bond donors (Lipinski definition) is 2. The number of nitrogen functional groups attached to an aromatic ring is 1. The minimum absolute atomic E-state index is 0.0982. The van der Waals surface area contributed by atoms with Crippen LogP contribution >= 0.6 is 0 Å². The van der Waals surface area contributed by atoms with Gasteiger partial charge in [-0.2, -0.15) is 4.80 Å². The Bertz CT molecular complexity index is 1400. The SMILES string of the molecule is CC(C)[C@@H](C)[C@@]1(C)CC[C@]2(C)[C@H]3CC[C@@H]4[C@@]5(C)COC[C@@]4(C3=CC[C@@]2(C)[C@@H]1C(=O)O)[C@@H](OC[C@@H](C(C)C)N(C)C)[C@H](n1nnc(N)n1)C5. The molecule has 0 unspecified atom stereocenters. The van der Waals surface area contributed by atoms with Crippen LogP contribution in [0.15, 0.2) is 11.6 Å². The zero-order valence-electron chi connectivity index (χ0n) is 31.6. The maximum absolute atomic E-state index is 13.5. The molecule has 0 amide bonds. The summed E-state index contributed by atoms with van der Waals surface area (Å²) in [5.41, 5.74) is 6.21. The molecule has 1 aromatic rings. The molecule has 10 heteroatoms. The molecule has 2 bridgehead atoms. The summed E-state index contributed by atoms with van der Waals surface area (Å²) >= 11 is 0. The molecule has 3 saturated carbocycles. The Labute approximate surface area is 288 Å². The smallest absolute Gasteiger partial charge is 0.307 e. The average Bonchev–Trinajstić information content (AvgIpc) is 3.43. The summed E-state index contributed by atoms with van der Waals surface area (Å²) in [5.74, 6) is 0.863. The van der Waals surface area contributed by atoms with Gasteiger partial charge in [-0.05, 0) is 109 Å². The first-order valence-corrected chi connectivity index (χ1v) is 18.7. The van der Waals surface area contributed by atoms with Crippen LogP contribution in [-0.2, 0) is 14.3 Å². The lowest BCUT2D eigenvalue weighted by Crippen LogP contribution is -2.70. The fourth-order valence-electron chi connectivity index (χ4n) is 12.6. The molecule has 6 rings (SSSR count). The van der Waals surface area contributed by atoms with Crippen LogP contribution in [-0.4, -0.2) is 82.2 Å². The Kier molecular flexibility index (Phi) is 8.97. The number of nitrogens with zero attached hydrogens (tertiary/aromatic N) is 5. The predicted molar refractivity (Wildman–Crippen MR) is 187 cm³/mol. The van der Waals surface area contributed by atoms with E-state index in [-0.39, 0.29) is 57.1 Å². The van der Waals surface area contributed by atoms with Gasteiger partial charge in [-0.15, -0.1) is 5.10 Å². The van der Waals surface area contributed by atoms with Gasteiger partial charge in [0.25, 0.3) is 5.95 Å². The minimum atomic E-state index is -0.632. The number of fused-ring (bicyclic) bond motifs is 3. The molecular weight excluding hydrogens is 604 g/mol. The van der Waals surface area contributed by atoms with Gasteiger partial charge in [0.1, 0.15) is 6.04 Å². The maximum atomic E-state index is 13.5. The minimum Gasteiger partial charge on any atom is -0.481 e. The topological polar surface area (TPSA) is 129 Å². The van der Waals surface area contributed by atoms with Crippen LogP contribution in [0.25, 0.3) is 0 Å². The van der Waals surface area contributed by atoms with Gasteiger partial charge in [0.15, 0.2) is 0 Å². The summed E-state index contributed by atoms with van der Waals surface area (Å²) in [5, 5.41) is 24.3. The second kappa shape index (κ2) is 12.0. The van der Waals surface area contributed by atoms with E-state index in [1.54, 1.807) is 4.80 Å². The first kappa shape index (κ1) is 35.8. The summed E-state index contributed by atoms with van der Waals surface area (Å²) in [6.45, 7) is 22.6. The Morgan fingerprint density at radius 1 is 1.08 bits per heavy atom. The number of tetrazole rings is 1. The van der Waals surface area contributed by atoms with Gasteiger partial charge in [0.2, 0.25) is 0 Å². The van der Waals surface area contributed by atoms with Crippen LogP contribution in [0.5, 0.6) is 0 Å². The van der Waals surface area contributed by atoms with Crippen molar-refractivity contribution in [2.75, 3.05) is 39.6 Å². The van der Waals surface area contributed by atoms with Gasteiger partial charge in [0.05, 0.1) is 31.8 Å². The van der Waals surface area contributed by atoms with Gasteiger partial charge in [-0.25, -0.2) is 0 Å². The fraction of sp³-hybridized carbons (Fsp3) is 0.895. The van der Waals surface area contributed by atoms with Crippen molar-refractivity contribution in [3.63, 3.8) is 0 Å². The van der Waals surface area contributed by atoms with Crippen LogP contribution < -0.4 is 5.73 Å². The molecule has 4 fully saturated rings. The van der Waals surface area contributed by atoms with Crippen molar-refractivity contribution < 1.29 is 19.4 Å². The van der Waals surface area contributed by atoms with Crippen molar-refractivity contribution in [3.8, 4) is 0 Å². The Morgan fingerprint density at radius 2 is 1.79 bits per heavy atom. The van der Waals surface area contributed by atoms with Crippen molar-refractivity contribution in [1.82, 2.24) is 25.1 Å². The molecule has 48 heavy (non-hydrogen) atoms. The largest absolute Gasteiger partial charge is 0.481 e.